The van der Waals surface area contributed by atoms with E-state index in [0.29, 0.717) is 24.3 Å². The molecule has 0 spiro atoms. The van der Waals surface area contributed by atoms with E-state index in [-0.39, 0.29) is 12.3 Å². The van der Waals surface area contributed by atoms with Crippen LogP contribution in [-0.2, 0) is 11.2 Å². The molecule has 0 heterocycles. The third-order valence-electron chi connectivity index (χ3n) is 3.44. The summed E-state index contributed by atoms with van der Waals surface area (Å²) in [5, 5.41) is 15.6. The lowest BCUT2D eigenvalue weighted by atomic mass is 10.0. The van der Waals surface area contributed by atoms with Crippen molar-refractivity contribution in [2.45, 2.75) is 13.3 Å². The van der Waals surface area contributed by atoms with E-state index in [0.717, 1.165) is 5.56 Å². The Morgan fingerprint density at radius 3 is 2.54 bits per heavy atom. The van der Waals surface area contributed by atoms with Crippen molar-refractivity contribution in [1.82, 2.24) is 10.6 Å². The van der Waals surface area contributed by atoms with Gasteiger partial charge >= 0.3 is 6.03 Å². The van der Waals surface area contributed by atoms with Gasteiger partial charge in [0, 0.05) is 30.7 Å². The van der Waals surface area contributed by atoms with Crippen molar-refractivity contribution in [1.29, 1.82) is 0 Å². The Hall–Kier alpha value is -3.42. The lowest BCUT2D eigenvalue weighted by Crippen LogP contribution is -2.41. The smallest absolute Gasteiger partial charge is 0.321 e. The summed E-state index contributed by atoms with van der Waals surface area (Å²) in [5.74, 6) is -0.259. The van der Waals surface area contributed by atoms with Gasteiger partial charge in [0.2, 0.25) is 0 Å². The first-order valence-electron chi connectivity index (χ1n) is 8.01. The van der Waals surface area contributed by atoms with Crippen LogP contribution in [0.1, 0.15) is 18.1 Å². The molecule has 0 fully saturated rings. The topological polar surface area (TPSA) is 111 Å². The molecule has 0 saturated carbocycles. The van der Waals surface area contributed by atoms with Crippen molar-refractivity contribution in [3.63, 3.8) is 0 Å². The Morgan fingerprint density at radius 1 is 1.15 bits per heavy atom. The average Bonchev–Trinajstić information content (AvgIpc) is 2.61. The van der Waals surface area contributed by atoms with Gasteiger partial charge < -0.3 is 10.1 Å². The van der Waals surface area contributed by atoms with E-state index in [1.165, 1.54) is 18.2 Å². The predicted octanol–water partition coefficient (Wildman–Crippen LogP) is 2.41. The van der Waals surface area contributed by atoms with Gasteiger partial charge in [0.15, 0.2) is 6.61 Å². The highest BCUT2D eigenvalue weighted by molar-refractivity contribution is 5.94. The molecule has 0 bridgehead atoms. The maximum Gasteiger partial charge on any atom is 0.321 e. The van der Waals surface area contributed by atoms with Crippen LogP contribution >= 0.6 is 0 Å². The standard InChI is InChI=1S/C18H19N3O5/c1-2-19-18(23)20-17(22)12-26-16-9-8-15(21(24)25)11-14(16)10-13-6-4-3-5-7-13/h3-9,11H,2,10,12H2,1H3,(H2,19,20,22,23). The van der Waals surface area contributed by atoms with Gasteiger partial charge in [-0.3, -0.25) is 20.2 Å². The van der Waals surface area contributed by atoms with Crippen LogP contribution in [0.5, 0.6) is 5.75 Å². The van der Waals surface area contributed by atoms with Gasteiger partial charge in [0.25, 0.3) is 11.6 Å². The van der Waals surface area contributed by atoms with Gasteiger partial charge in [-0.2, -0.15) is 0 Å². The number of benzene rings is 2. The zero-order valence-corrected chi connectivity index (χ0v) is 14.2. The van der Waals surface area contributed by atoms with Crippen molar-refractivity contribution in [3.8, 4) is 5.75 Å². The molecule has 0 atom stereocenters. The number of non-ortho nitro benzene ring substituents is 1. The molecule has 0 aromatic heterocycles. The Balaban J connectivity index is 2.12. The Morgan fingerprint density at radius 2 is 1.88 bits per heavy atom. The number of nitro benzene ring substituents is 1. The van der Waals surface area contributed by atoms with E-state index in [9.17, 15) is 19.7 Å². The number of hydrogen-bond acceptors (Lipinski definition) is 5. The maximum atomic E-state index is 11.7. The number of imide groups is 1. The lowest BCUT2D eigenvalue weighted by molar-refractivity contribution is -0.384. The first-order valence-corrected chi connectivity index (χ1v) is 8.01. The summed E-state index contributed by atoms with van der Waals surface area (Å²) in [5.41, 5.74) is 1.47. The van der Waals surface area contributed by atoms with Crippen molar-refractivity contribution in [3.05, 3.63) is 69.8 Å². The monoisotopic (exact) mass is 357 g/mol. The van der Waals surface area contributed by atoms with Gasteiger partial charge in [0.1, 0.15) is 5.75 Å². The van der Waals surface area contributed by atoms with Crippen LogP contribution in [0.25, 0.3) is 0 Å². The number of amides is 3. The fourth-order valence-electron chi connectivity index (χ4n) is 2.28. The van der Waals surface area contributed by atoms with E-state index < -0.39 is 16.9 Å². The van der Waals surface area contributed by atoms with E-state index in [2.05, 4.69) is 10.6 Å². The molecule has 2 aromatic rings. The molecule has 0 radical (unpaired) electrons. The van der Waals surface area contributed by atoms with Crippen molar-refractivity contribution in [2.24, 2.45) is 0 Å². The number of rotatable bonds is 7. The summed E-state index contributed by atoms with van der Waals surface area (Å²) in [6.07, 6.45) is 0.412. The van der Waals surface area contributed by atoms with Crippen LogP contribution in [0.4, 0.5) is 10.5 Å². The number of carbonyl (C=O) groups excluding carboxylic acids is 2. The van der Waals surface area contributed by atoms with Gasteiger partial charge in [-0.15, -0.1) is 0 Å². The SMILES string of the molecule is CCNC(=O)NC(=O)COc1ccc([N+](=O)[O-])cc1Cc1ccccc1. The molecule has 0 saturated heterocycles. The Labute approximate surface area is 150 Å². The summed E-state index contributed by atoms with van der Waals surface area (Å²) in [6.45, 7) is 1.74. The van der Waals surface area contributed by atoms with Crippen LogP contribution in [0.2, 0.25) is 0 Å². The minimum Gasteiger partial charge on any atom is -0.483 e. The molecule has 26 heavy (non-hydrogen) atoms. The third kappa shape index (κ3) is 5.59. The van der Waals surface area contributed by atoms with Crippen molar-refractivity contribution < 1.29 is 19.2 Å². The van der Waals surface area contributed by atoms with Gasteiger partial charge in [0.05, 0.1) is 4.92 Å². The third-order valence-corrected chi connectivity index (χ3v) is 3.44. The molecule has 0 aliphatic rings. The predicted molar refractivity (Wildman–Crippen MR) is 95.1 cm³/mol. The van der Waals surface area contributed by atoms with E-state index in [1.807, 2.05) is 30.3 Å². The number of nitro groups is 1. The molecular weight excluding hydrogens is 338 g/mol. The van der Waals surface area contributed by atoms with Crippen LogP contribution in [0, 0.1) is 10.1 Å². The first-order chi connectivity index (χ1) is 12.5. The minimum absolute atomic E-state index is 0.0601. The van der Waals surface area contributed by atoms with Crippen LogP contribution in [-0.4, -0.2) is 30.0 Å². The van der Waals surface area contributed by atoms with Crippen molar-refractivity contribution in [2.75, 3.05) is 13.2 Å². The van der Waals surface area contributed by atoms with Crippen LogP contribution in [0.3, 0.4) is 0 Å². The number of carbonyl (C=O) groups is 2. The Bertz CT molecular complexity index is 793. The van der Waals surface area contributed by atoms with Crippen LogP contribution in [0.15, 0.2) is 48.5 Å². The number of nitrogens with zero attached hydrogens (tertiary/aromatic N) is 1. The largest absolute Gasteiger partial charge is 0.483 e. The van der Waals surface area contributed by atoms with Gasteiger partial charge in [-0.25, -0.2) is 4.79 Å². The number of nitrogens with one attached hydrogen (secondary N) is 2. The number of ether oxygens (including phenoxy) is 1. The summed E-state index contributed by atoms with van der Waals surface area (Å²) in [4.78, 5) is 33.6. The summed E-state index contributed by atoms with van der Waals surface area (Å²) >= 11 is 0. The molecule has 8 nitrogen and oxygen atoms in total. The molecular formula is C18H19N3O5. The molecule has 136 valence electrons. The highest BCUT2D eigenvalue weighted by Gasteiger charge is 2.14. The fourth-order valence-corrected chi connectivity index (χ4v) is 2.28. The second-order valence-electron chi connectivity index (χ2n) is 5.41. The molecule has 3 amide bonds. The van der Waals surface area contributed by atoms with Crippen LogP contribution < -0.4 is 15.4 Å². The zero-order valence-electron chi connectivity index (χ0n) is 14.2. The fraction of sp³-hybridized carbons (Fsp3) is 0.222. The highest BCUT2D eigenvalue weighted by atomic mass is 16.6. The second-order valence-corrected chi connectivity index (χ2v) is 5.41. The molecule has 0 aliphatic heterocycles. The van der Waals surface area contributed by atoms with E-state index >= 15 is 0 Å². The highest BCUT2D eigenvalue weighted by Crippen LogP contribution is 2.26. The summed E-state index contributed by atoms with van der Waals surface area (Å²) < 4.78 is 5.47. The quantitative estimate of drug-likeness (QED) is 0.584. The molecule has 0 aliphatic carbocycles. The molecule has 2 rings (SSSR count). The molecule has 2 N–H and O–H groups in total. The maximum absolute atomic E-state index is 11.7. The first kappa shape index (κ1) is 18.9. The lowest BCUT2D eigenvalue weighted by Gasteiger charge is -2.12. The minimum atomic E-state index is -0.611. The van der Waals surface area contributed by atoms with Gasteiger partial charge in [-0.1, -0.05) is 30.3 Å². The summed E-state index contributed by atoms with van der Waals surface area (Å²) in [6, 6.07) is 13.0. The number of hydrogen-bond donors (Lipinski definition) is 2. The van der Waals surface area contributed by atoms with Crippen molar-refractivity contribution >= 4 is 17.6 Å². The second kappa shape index (κ2) is 9.16. The van der Waals surface area contributed by atoms with E-state index in [4.69, 9.17) is 4.74 Å². The number of urea groups is 1. The van der Waals surface area contributed by atoms with Gasteiger partial charge in [-0.05, 0) is 18.6 Å². The Kier molecular flexibility index (Phi) is 6.67. The molecule has 8 heteroatoms. The zero-order chi connectivity index (χ0) is 18.9. The molecule has 0 unspecified atom stereocenters. The summed E-state index contributed by atoms with van der Waals surface area (Å²) in [7, 11) is 0. The molecule has 2 aromatic carbocycles. The normalized spacial score (nSPS) is 10.0. The van der Waals surface area contributed by atoms with E-state index in [1.54, 1.807) is 6.92 Å². The average molecular weight is 357 g/mol.